The van der Waals surface area contributed by atoms with Gasteiger partial charge in [-0.25, -0.2) is 18.4 Å². The largest absolute Gasteiger partial charge is 0.347 e. The zero-order valence-corrected chi connectivity index (χ0v) is 24.9. The molecule has 2 aliphatic rings. The highest BCUT2D eigenvalue weighted by atomic mass is 32.2. The summed E-state index contributed by atoms with van der Waals surface area (Å²) < 4.78 is 28.5. The minimum Gasteiger partial charge on any atom is -0.347 e. The quantitative estimate of drug-likeness (QED) is 0.269. The molecule has 0 spiro atoms. The highest BCUT2D eigenvalue weighted by Gasteiger charge is 2.38. The van der Waals surface area contributed by atoms with Gasteiger partial charge in [-0.05, 0) is 44.4 Å². The molecular weight excluding hydrogens is 564 g/mol. The molecule has 1 saturated carbocycles. The van der Waals surface area contributed by atoms with Crippen LogP contribution in [0.1, 0.15) is 44.0 Å². The lowest BCUT2D eigenvalue weighted by atomic mass is 10.2. The van der Waals surface area contributed by atoms with E-state index in [0.717, 1.165) is 31.8 Å². The Hall–Kier alpha value is -4.78. The summed E-state index contributed by atoms with van der Waals surface area (Å²) >= 11 is 0. The number of fused-ring (bicyclic) bond motifs is 1. The molecule has 1 aliphatic heterocycles. The maximum atomic E-state index is 12.6. The molecule has 43 heavy (non-hydrogen) atoms. The maximum Gasteiger partial charge on any atom is 0.256 e. The van der Waals surface area contributed by atoms with Crippen molar-refractivity contribution in [3.05, 3.63) is 90.8 Å². The van der Waals surface area contributed by atoms with E-state index in [1.54, 1.807) is 23.3 Å². The van der Waals surface area contributed by atoms with Gasteiger partial charge in [0.05, 0.1) is 23.5 Å². The Balaban J connectivity index is 1.13. The SMILES string of the molecule is CC(C)n1cc(-c2cnn(Cc3ccccc3)n2)c2cnc(NC3C=CN=C(c4ccn(S(=O)(=O)C5CC5)n4)N3C)cc21. The van der Waals surface area contributed by atoms with Crippen LogP contribution in [-0.4, -0.2) is 71.3 Å². The van der Waals surface area contributed by atoms with Gasteiger partial charge in [-0.2, -0.15) is 24.2 Å². The minimum absolute atomic E-state index is 0.212. The first-order valence-electron chi connectivity index (χ1n) is 14.3. The lowest BCUT2D eigenvalue weighted by Crippen LogP contribution is -2.43. The number of likely N-dealkylation sites (N-methyl/N-ethyl adjacent to an activating group) is 1. The van der Waals surface area contributed by atoms with Crippen molar-refractivity contribution in [3.8, 4) is 11.3 Å². The van der Waals surface area contributed by atoms with Crippen LogP contribution in [0.4, 0.5) is 5.82 Å². The van der Waals surface area contributed by atoms with Crippen molar-refractivity contribution in [1.29, 1.82) is 0 Å². The number of aromatic nitrogens is 7. The van der Waals surface area contributed by atoms with Gasteiger partial charge in [0.1, 0.15) is 23.4 Å². The predicted molar refractivity (Wildman–Crippen MR) is 165 cm³/mol. The van der Waals surface area contributed by atoms with E-state index in [1.165, 1.54) is 6.20 Å². The van der Waals surface area contributed by atoms with Crippen LogP contribution in [0.3, 0.4) is 0 Å². The molecule has 0 saturated heterocycles. The summed E-state index contributed by atoms with van der Waals surface area (Å²) in [4.78, 5) is 12.9. The third-order valence-corrected chi connectivity index (χ3v) is 9.81. The van der Waals surface area contributed by atoms with Crippen LogP contribution in [0.5, 0.6) is 0 Å². The second kappa shape index (κ2) is 10.5. The number of pyridine rings is 1. The fourth-order valence-electron chi connectivity index (χ4n) is 5.28. The fourth-order valence-corrected chi connectivity index (χ4v) is 6.74. The highest BCUT2D eigenvalue weighted by molar-refractivity contribution is 7.90. The van der Waals surface area contributed by atoms with Gasteiger partial charge in [0.15, 0.2) is 5.84 Å². The molecule has 1 N–H and O–H groups in total. The van der Waals surface area contributed by atoms with E-state index in [-0.39, 0.29) is 17.5 Å². The van der Waals surface area contributed by atoms with Gasteiger partial charge in [0.2, 0.25) is 0 Å². The van der Waals surface area contributed by atoms with Gasteiger partial charge >= 0.3 is 0 Å². The van der Waals surface area contributed by atoms with Crippen molar-refractivity contribution in [3.63, 3.8) is 0 Å². The number of hydrogen-bond donors (Lipinski definition) is 1. The summed E-state index contributed by atoms with van der Waals surface area (Å²) in [5.41, 5.74) is 4.42. The Morgan fingerprint density at radius 2 is 1.86 bits per heavy atom. The number of nitrogens with zero attached hydrogens (tertiary/aromatic N) is 9. The molecule has 1 aliphatic carbocycles. The second-order valence-corrected chi connectivity index (χ2v) is 13.3. The van der Waals surface area contributed by atoms with Gasteiger partial charge in [-0.3, -0.25) is 0 Å². The molecule has 5 aromatic rings. The monoisotopic (exact) mass is 596 g/mol. The van der Waals surface area contributed by atoms with Crippen LogP contribution in [-0.2, 0) is 16.6 Å². The van der Waals surface area contributed by atoms with E-state index >= 15 is 0 Å². The lowest BCUT2D eigenvalue weighted by Gasteiger charge is -2.31. The number of hydrogen-bond acceptors (Lipinski definition) is 9. The number of amidine groups is 1. The Morgan fingerprint density at radius 3 is 2.63 bits per heavy atom. The number of rotatable bonds is 9. The first-order chi connectivity index (χ1) is 20.8. The third kappa shape index (κ3) is 5.09. The standard InChI is InChI=1S/C30H32N10O2S/c1-20(2)38-19-24(26-17-33-39(35-26)18-21-7-5-4-6-8-21)23-16-32-28(15-27(23)38)34-29-11-13-31-30(37(29)3)25-12-14-40(36-25)43(41,42)22-9-10-22/h4-8,11-17,19-20,22,29H,9-10,18H2,1-3H3,(H,32,34). The zero-order valence-electron chi connectivity index (χ0n) is 24.1. The predicted octanol–water partition coefficient (Wildman–Crippen LogP) is 4.10. The molecule has 1 fully saturated rings. The minimum atomic E-state index is -3.45. The van der Waals surface area contributed by atoms with Crippen LogP contribution >= 0.6 is 0 Å². The van der Waals surface area contributed by atoms with Gasteiger partial charge in [0, 0.05) is 54.9 Å². The molecule has 1 atom stereocenters. The first-order valence-corrected chi connectivity index (χ1v) is 15.8. The van der Waals surface area contributed by atoms with Crippen molar-refractivity contribution >= 4 is 32.6 Å². The van der Waals surface area contributed by atoms with Crippen molar-refractivity contribution in [2.45, 2.75) is 50.7 Å². The summed E-state index contributed by atoms with van der Waals surface area (Å²) in [6.45, 7) is 4.89. The molecular formula is C30H32N10O2S. The van der Waals surface area contributed by atoms with Gasteiger partial charge in [-0.15, -0.1) is 0 Å². The van der Waals surface area contributed by atoms with Gasteiger partial charge < -0.3 is 14.8 Å². The molecule has 5 heterocycles. The molecule has 0 bridgehead atoms. The average molecular weight is 597 g/mol. The average Bonchev–Trinajstić information content (AvgIpc) is 3.39. The van der Waals surface area contributed by atoms with E-state index < -0.39 is 10.0 Å². The highest BCUT2D eigenvalue weighted by Crippen LogP contribution is 2.33. The number of aliphatic imine (C=N–C) groups is 1. The smallest absolute Gasteiger partial charge is 0.256 e. The zero-order chi connectivity index (χ0) is 29.7. The van der Waals surface area contributed by atoms with E-state index in [1.807, 2.05) is 48.5 Å². The summed E-state index contributed by atoms with van der Waals surface area (Å²) in [5.74, 6) is 1.26. The maximum absolute atomic E-state index is 12.6. The summed E-state index contributed by atoms with van der Waals surface area (Å²) in [5, 5.41) is 17.8. The molecule has 220 valence electrons. The Morgan fingerprint density at radius 1 is 1.05 bits per heavy atom. The van der Waals surface area contributed by atoms with Crippen LogP contribution < -0.4 is 5.32 Å². The van der Waals surface area contributed by atoms with E-state index in [2.05, 4.69) is 57.3 Å². The summed E-state index contributed by atoms with van der Waals surface area (Å²) in [7, 11) is -1.56. The summed E-state index contributed by atoms with van der Waals surface area (Å²) in [6, 6.07) is 14.1. The second-order valence-electron chi connectivity index (χ2n) is 11.2. The lowest BCUT2D eigenvalue weighted by molar-refractivity contribution is 0.453. The molecule has 13 heteroatoms. The van der Waals surface area contributed by atoms with Crippen LogP contribution in [0.25, 0.3) is 22.2 Å². The van der Waals surface area contributed by atoms with Crippen molar-refractivity contribution < 1.29 is 8.42 Å². The topological polar surface area (TPSA) is 128 Å². The van der Waals surface area contributed by atoms with Crippen LogP contribution in [0, 0.1) is 0 Å². The molecule has 0 amide bonds. The Bertz CT molecular complexity index is 1970. The van der Waals surface area contributed by atoms with E-state index in [9.17, 15) is 8.42 Å². The fraction of sp³-hybridized carbons (Fsp3) is 0.300. The summed E-state index contributed by atoms with van der Waals surface area (Å²) in [6.07, 6.45) is 12.0. The van der Waals surface area contributed by atoms with Crippen LogP contribution in [0.15, 0.2) is 84.5 Å². The number of nitrogens with one attached hydrogen (secondary N) is 1. The third-order valence-electron chi connectivity index (χ3n) is 7.77. The van der Waals surface area contributed by atoms with Crippen molar-refractivity contribution in [2.24, 2.45) is 4.99 Å². The molecule has 4 aromatic heterocycles. The molecule has 7 rings (SSSR count). The van der Waals surface area contributed by atoms with E-state index in [0.29, 0.717) is 36.7 Å². The normalized spacial score (nSPS) is 17.2. The van der Waals surface area contributed by atoms with Gasteiger partial charge in [0.25, 0.3) is 10.0 Å². The Kier molecular flexibility index (Phi) is 6.61. The first kappa shape index (κ1) is 27.1. The van der Waals surface area contributed by atoms with E-state index in [4.69, 9.17) is 10.1 Å². The van der Waals surface area contributed by atoms with Gasteiger partial charge in [-0.1, -0.05) is 30.3 Å². The number of benzene rings is 1. The van der Waals surface area contributed by atoms with Crippen molar-refractivity contribution in [2.75, 3.05) is 12.4 Å². The molecule has 1 unspecified atom stereocenters. The molecule has 12 nitrogen and oxygen atoms in total. The van der Waals surface area contributed by atoms with Crippen molar-refractivity contribution in [1.82, 2.24) is 38.6 Å². The Labute approximate surface area is 249 Å². The molecule has 1 aromatic carbocycles. The molecule has 0 radical (unpaired) electrons. The van der Waals surface area contributed by atoms with Crippen LogP contribution in [0.2, 0.25) is 0 Å². The number of anilines is 1.